The van der Waals surface area contributed by atoms with Crippen LogP contribution in [0.25, 0.3) is 0 Å². The number of aryl methyl sites for hydroxylation is 1. The molecular formula is C14H14ClFN2. The molecule has 18 heavy (non-hydrogen) atoms. The van der Waals surface area contributed by atoms with Crippen LogP contribution in [0.5, 0.6) is 0 Å². The van der Waals surface area contributed by atoms with Gasteiger partial charge in [-0.25, -0.2) is 4.39 Å². The van der Waals surface area contributed by atoms with E-state index >= 15 is 0 Å². The number of aromatic nitrogens is 1. The number of nitrogens with zero attached hydrogens (tertiary/aromatic N) is 1. The maximum Gasteiger partial charge on any atom is 0.123 e. The Morgan fingerprint density at radius 3 is 2.72 bits per heavy atom. The van der Waals surface area contributed by atoms with Gasteiger partial charge in [0.2, 0.25) is 0 Å². The summed E-state index contributed by atoms with van der Waals surface area (Å²) in [5, 5.41) is 3.68. The van der Waals surface area contributed by atoms with Crippen molar-refractivity contribution in [2.75, 3.05) is 7.05 Å². The quantitative estimate of drug-likeness (QED) is 0.918. The van der Waals surface area contributed by atoms with Crippen molar-refractivity contribution >= 4 is 11.6 Å². The Morgan fingerprint density at radius 1 is 1.28 bits per heavy atom. The summed E-state index contributed by atoms with van der Waals surface area (Å²) in [5.74, 6) is -0.296. The molecule has 0 spiro atoms. The van der Waals surface area contributed by atoms with Crippen molar-refractivity contribution in [2.24, 2.45) is 0 Å². The van der Waals surface area contributed by atoms with Gasteiger partial charge in [-0.2, -0.15) is 0 Å². The Hall–Kier alpha value is -1.45. The highest BCUT2D eigenvalue weighted by Crippen LogP contribution is 2.28. The molecule has 2 aromatic rings. The second-order valence-electron chi connectivity index (χ2n) is 4.18. The molecule has 0 radical (unpaired) electrons. The summed E-state index contributed by atoms with van der Waals surface area (Å²) in [6, 6.07) is 6.22. The fourth-order valence-electron chi connectivity index (χ4n) is 1.97. The van der Waals surface area contributed by atoms with Crippen molar-refractivity contribution < 1.29 is 4.39 Å². The minimum Gasteiger partial charge on any atom is -0.309 e. The van der Waals surface area contributed by atoms with Gasteiger partial charge in [0.1, 0.15) is 5.82 Å². The molecule has 1 heterocycles. The van der Waals surface area contributed by atoms with E-state index in [0.717, 1.165) is 11.1 Å². The second kappa shape index (κ2) is 5.46. The molecule has 1 aromatic carbocycles. The summed E-state index contributed by atoms with van der Waals surface area (Å²) >= 11 is 6.13. The predicted octanol–water partition coefficient (Wildman–Crippen LogP) is 3.49. The summed E-state index contributed by atoms with van der Waals surface area (Å²) in [6.07, 6.45) is 3.54. The molecule has 2 nitrogen and oxygen atoms in total. The first-order valence-corrected chi connectivity index (χ1v) is 6.03. The number of rotatable bonds is 3. The average molecular weight is 265 g/mol. The number of nitrogens with one attached hydrogen (secondary N) is 1. The first kappa shape index (κ1) is 13.0. The molecule has 0 bridgehead atoms. The Balaban J connectivity index is 2.48. The number of halogens is 2. The van der Waals surface area contributed by atoms with E-state index in [-0.39, 0.29) is 11.9 Å². The lowest BCUT2D eigenvalue weighted by Crippen LogP contribution is -2.18. The van der Waals surface area contributed by atoms with Crippen LogP contribution in [0, 0.1) is 12.7 Å². The number of benzene rings is 1. The van der Waals surface area contributed by atoms with Gasteiger partial charge in [0.25, 0.3) is 0 Å². The lowest BCUT2D eigenvalue weighted by Gasteiger charge is -2.18. The van der Waals surface area contributed by atoms with E-state index in [1.165, 1.54) is 12.1 Å². The van der Waals surface area contributed by atoms with Gasteiger partial charge in [0, 0.05) is 17.4 Å². The molecule has 0 saturated carbocycles. The van der Waals surface area contributed by atoms with E-state index in [0.29, 0.717) is 10.6 Å². The Labute approximate surface area is 111 Å². The van der Waals surface area contributed by atoms with Crippen LogP contribution < -0.4 is 5.32 Å². The van der Waals surface area contributed by atoms with Crippen molar-refractivity contribution in [1.29, 1.82) is 0 Å². The van der Waals surface area contributed by atoms with Gasteiger partial charge in [-0.15, -0.1) is 0 Å². The third-order valence-corrected chi connectivity index (χ3v) is 3.13. The van der Waals surface area contributed by atoms with Crippen LogP contribution in [-0.2, 0) is 0 Å². The van der Waals surface area contributed by atoms with Crippen LogP contribution in [0.3, 0.4) is 0 Å². The zero-order valence-electron chi connectivity index (χ0n) is 10.2. The topological polar surface area (TPSA) is 24.9 Å². The molecule has 1 N–H and O–H groups in total. The zero-order chi connectivity index (χ0) is 13.1. The molecule has 1 atom stereocenters. The van der Waals surface area contributed by atoms with E-state index in [2.05, 4.69) is 10.3 Å². The van der Waals surface area contributed by atoms with Crippen LogP contribution in [0.1, 0.15) is 22.7 Å². The van der Waals surface area contributed by atoms with Gasteiger partial charge < -0.3 is 5.32 Å². The second-order valence-corrected chi connectivity index (χ2v) is 4.59. The molecule has 1 unspecified atom stereocenters. The SMILES string of the molecule is CNC(c1cncc(C)c1)c1cc(F)ccc1Cl. The third kappa shape index (κ3) is 2.68. The summed E-state index contributed by atoms with van der Waals surface area (Å²) in [4.78, 5) is 4.15. The highest BCUT2D eigenvalue weighted by molar-refractivity contribution is 6.31. The van der Waals surface area contributed by atoms with E-state index in [1.807, 2.05) is 20.0 Å². The van der Waals surface area contributed by atoms with E-state index in [1.54, 1.807) is 18.5 Å². The molecule has 2 rings (SSSR count). The first-order valence-electron chi connectivity index (χ1n) is 5.65. The van der Waals surface area contributed by atoms with Crippen molar-refractivity contribution in [3.05, 3.63) is 64.2 Å². The van der Waals surface area contributed by atoms with E-state index < -0.39 is 0 Å². The summed E-state index contributed by atoms with van der Waals surface area (Å²) in [6.45, 7) is 1.97. The fourth-order valence-corrected chi connectivity index (χ4v) is 2.20. The summed E-state index contributed by atoms with van der Waals surface area (Å²) in [5.41, 5.74) is 2.73. The predicted molar refractivity (Wildman–Crippen MR) is 71.3 cm³/mol. The van der Waals surface area contributed by atoms with Crippen LogP contribution in [0.4, 0.5) is 4.39 Å². The Bertz CT molecular complexity index is 557. The van der Waals surface area contributed by atoms with Gasteiger partial charge in [0.05, 0.1) is 6.04 Å². The highest BCUT2D eigenvalue weighted by Gasteiger charge is 2.16. The number of hydrogen-bond acceptors (Lipinski definition) is 2. The van der Waals surface area contributed by atoms with Crippen molar-refractivity contribution in [3.8, 4) is 0 Å². The minimum atomic E-state index is -0.296. The highest BCUT2D eigenvalue weighted by atomic mass is 35.5. The Kier molecular flexibility index (Phi) is 3.94. The first-order chi connectivity index (χ1) is 8.61. The van der Waals surface area contributed by atoms with Crippen LogP contribution >= 0.6 is 11.6 Å². The van der Waals surface area contributed by atoms with E-state index in [4.69, 9.17) is 11.6 Å². The van der Waals surface area contributed by atoms with E-state index in [9.17, 15) is 4.39 Å². The molecule has 0 aliphatic rings. The molecule has 0 saturated heterocycles. The lowest BCUT2D eigenvalue weighted by atomic mass is 9.99. The molecule has 94 valence electrons. The standard InChI is InChI=1S/C14H14ClFN2/c1-9-5-10(8-18-7-9)14(17-2)12-6-11(16)3-4-13(12)15/h3-8,14,17H,1-2H3. The van der Waals surface area contributed by atoms with Crippen molar-refractivity contribution in [1.82, 2.24) is 10.3 Å². The minimum absolute atomic E-state index is 0.166. The van der Waals surface area contributed by atoms with Crippen molar-refractivity contribution in [3.63, 3.8) is 0 Å². The van der Waals surface area contributed by atoms with Crippen LogP contribution in [0.2, 0.25) is 5.02 Å². The molecule has 0 fully saturated rings. The van der Waals surface area contributed by atoms with Gasteiger partial charge in [0.15, 0.2) is 0 Å². The summed E-state index contributed by atoms with van der Waals surface area (Å²) in [7, 11) is 1.81. The third-order valence-electron chi connectivity index (χ3n) is 2.79. The van der Waals surface area contributed by atoms with Crippen LogP contribution in [-0.4, -0.2) is 12.0 Å². The van der Waals surface area contributed by atoms with Crippen molar-refractivity contribution in [2.45, 2.75) is 13.0 Å². The van der Waals surface area contributed by atoms with Gasteiger partial charge in [-0.1, -0.05) is 17.7 Å². The maximum absolute atomic E-state index is 13.3. The van der Waals surface area contributed by atoms with Crippen LogP contribution in [0.15, 0.2) is 36.7 Å². The molecular weight excluding hydrogens is 251 g/mol. The van der Waals surface area contributed by atoms with Gasteiger partial charge >= 0.3 is 0 Å². The lowest BCUT2D eigenvalue weighted by molar-refractivity contribution is 0.616. The monoisotopic (exact) mass is 264 g/mol. The van der Waals surface area contributed by atoms with Gasteiger partial charge in [-0.05, 0) is 48.9 Å². The Morgan fingerprint density at radius 2 is 2.06 bits per heavy atom. The normalized spacial score (nSPS) is 12.4. The summed E-state index contributed by atoms with van der Waals surface area (Å²) < 4.78 is 13.3. The van der Waals surface area contributed by atoms with Gasteiger partial charge in [-0.3, -0.25) is 4.98 Å². The largest absolute Gasteiger partial charge is 0.309 e. The molecule has 0 aliphatic carbocycles. The number of pyridine rings is 1. The fraction of sp³-hybridized carbons (Fsp3) is 0.214. The smallest absolute Gasteiger partial charge is 0.123 e. The maximum atomic E-state index is 13.3. The average Bonchev–Trinajstić information content (AvgIpc) is 2.35. The molecule has 4 heteroatoms. The molecule has 0 amide bonds. The zero-order valence-corrected chi connectivity index (χ0v) is 11.0. The molecule has 0 aliphatic heterocycles. The molecule has 1 aromatic heterocycles. The number of hydrogen-bond donors (Lipinski definition) is 1.